The first kappa shape index (κ1) is 29.3. The number of nitrogens with zero attached hydrogens (tertiary/aromatic N) is 2. The van der Waals surface area contributed by atoms with Gasteiger partial charge in [0.25, 0.3) is 0 Å². The van der Waals surface area contributed by atoms with Gasteiger partial charge in [0.15, 0.2) is 0 Å². The molecule has 0 aliphatic carbocycles. The highest BCUT2D eigenvalue weighted by Crippen LogP contribution is 2.29. The highest BCUT2D eigenvalue weighted by molar-refractivity contribution is 5.85. The lowest BCUT2D eigenvalue weighted by atomic mass is 10.1. The first-order valence-electron chi connectivity index (χ1n) is 13.4. The van der Waals surface area contributed by atoms with Crippen LogP contribution in [-0.2, 0) is 28.7 Å². The maximum atomic E-state index is 13.5. The van der Waals surface area contributed by atoms with Gasteiger partial charge in [-0.1, -0.05) is 56.5 Å². The van der Waals surface area contributed by atoms with E-state index in [2.05, 4.69) is 11.9 Å². The first-order chi connectivity index (χ1) is 18.1. The molecule has 1 heterocycles. The molecule has 0 fully saturated rings. The minimum absolute atomic E-state index is 0.0458. The number of carbonyl (C=O) groups excluding carboxylic acids is 2. The van der Waals surface area contributed by atoms with Crippen LogP contribution in [0.3, 0.4) is 0 Å². The lowest BCUT2D eigenvalue weighted by Gasteiger charge is -2.30. The summed E-state index contributed by atoms with van der Waals surface area (Å²) in [5.41, 5.74) is 1.94. The van der Waals surface area contributed by atoms with Crippen molar-refractivity contribution in [2.75, 3.05) is 13.1 Å². The number of para-hydroxylation sites is 1. The molecule has 0 unspecified atom stereocenters. The van der Waals surface area contributed by atoms with Crippen molar-refractivity contribution >= 4 is 22.7 Å². The average Bonchev–Trinajstić information content (AvgIpc) is 3.30. The smallest absolute Gasteiger partial charge is 0.361 e. The Hall–Kier alpha value is -3.29. The molecule has 1 N–H and O–H groups in total. The van der Waals surface area contributed by atoms with Gasteiger partial charge >= 0.3 is 6.18 Å². The summed E-state index contributed by atoms with van der Waals surface area (Å²) in [4.78, 5) is 33.0. The molecule has 0 saturated carbocycles. The fraction of sp³-hybridized carbons (Fsp3) is 0.467. The number of nitrogens with one attached hydrogen (secondary N) is 1. The molecule has 8 heteroatoms. The molecule has 1 aromatic heterocycles. The molecule has 206 valence electrons. The first-order valence-corrected chi connectivity index (χ1v) is 13.4. The highest BCUT2D eigenvalue weighted by Gasteiger charge is 2.30. The van der Waals surface area contributed by atoms with Crippen LogP contribution in [0.15, 0.2) is 54.7 Å². The Kier molecular flexibility index (Phi) is 10.4. The van der Waals surface area contributed by atoms with Gasteiger partial charge in [0.2, 0.25) is 11.8 Å². The number of unbranched alkanes of at least 4 members (excludes halogenated alkanes) is 3. The second-order valence-corrected chi connectivity index (χ2v) is 10.0. The number of hydrogen-bond acceptors (Lipinski definition) is 2. The van der Waals surface area contributed by atoms with Crippen LogP contribution >= 0.6 is 0 Å². The Morgan fingerprint density at radius 3 is 2.32 bits per heavy atom. The Morgan fingerprint density at radius 2 is 1.66 bits per heavy atom. The number of hydrogen-bond donors (Lipinski definition) is 1. The van der Waals surface area contributed by atoms with Gasteiger partial charge in [-0.15, -0.1) is 0 Å². The molecule has 2 amide bonds. The summed E-state index contributed by atoms with van der Waals surface area (Å²) in [5.74, 6) is -0.268. The normalized spacial score (nSPS) is 11.8. The quantitative estimate of drug-likeness (QED) is 0.243. The van der Waals surface area contributed by atoms with Crippen molar-refractivity contribution in [3.05, 3.63) is 71.4 Å². The van der Waals surface area contributed by atoms with Crippen molar-refractivity contribution in [2.45, 2.75) is 78.1 Å². The van der Waals surface area contributed by atoms with Crippen molar-refractivity contribution in [3.63, 3.8) is 0 Å². The van der Waals surface area contributed by atoms with Gasteiger partial charge in [-0.2, -0.15) is 13.2 Å². The Balaban J connectivity index is 1.76. The lowest BCUT2D eigenvalue weighted by molar-refractivity contribution is -0.142. The second kappa shape index (κ2) is 13.5. The van der Waals surface area contributed by atoms with Crippen LogP contribution in [0.1, 0.15) is 69.6 Å². The van der Waals surface area contributed by atoms with E-state index < -0.39 is 11.7 Å². The van der Waals surface area contributed by atoms with Crippen LogP contribution in [0, 0.1) is 0 Å². The Labute approximate surface area is 223 Å². The molecule has 3 rings (SSSR count). The zero-order chi connectivity index (χ0) is 27.7. The predicted molar refractivity (Wildman–Crippen MR) is 144 cm³/mol. The summed E-state index contributed by atoms with van der Waals surface area (Å²) in [7, 11) is 0. The largest absolute Gasteiger partial charge is 0.416 e. The van der Waals surface area contributed by atoms with E-state index in [0.717, 1.165) is 54.3 Å². The standard InChI is InChI=1S/C30H38F3N3O2/c1-4-5-6-7-12-28(37)36(22(2)3)21-29(38)35(20-23-13-15-25(16-14-23)30(31,32)33)18-17-24-19-34-27-11-9-8-10-26(24)27/h8-11,13-16,19,22,34H,4-7,12,17-18,20-21H2,1-3H3. The van der Waals surface area contributed by atoms with Crippen molar-refractivity contribution < 1.29 is 22.8 Å². The SMILES string of the molecule is CCCCCCC(=O)N(CC(=O)N(CCc1c[nH]c2ccccc12)Cc1ccc(C(F)(F)F)cc1)C(C)C. The van der Waals surface area contributed by atoms with Crippen molar-refractivity contribution in [3.8, 4) is 0 Å². The predicted octanol–water partition coefficient (Wildman–Crippen LogP) is 6.97. The number of aromatic amines is 1. The van der Waals surface area contributed by atoms with Crippen LogP contribution in [0.25, 0.3) is 10.9 Å². The molecule has 0 aliphatic rings. The fourth-order valence-corrected chi connectivity index (χ4v) is 4.56. The van der Waals surface area contributed by atoms with Gasteiger partial charge in [0.1, 0.15) is 0 Å². The topological polar surface area (TPSA) is 56.4 Å². The number of halogens is 3. The summed E-state index contributed by atoms with van der Waals surface area (Å²) in [5, 5.41) is 1.07. The van der Waals surface area contributed by atoms with E-state index in [1.165, 1.54) is 12.1 Å². The molecule has 2 aromatic carbocycles. The van der Waals surface area contributed by atoms with E-state index in [4.69, 9.17) is 0 Å². The van der Waals surface area contributed by atoms with E-state index in [0.29, 0.717) is 24.9 Å². The maximum absolute atomic E-state index is 13.5. The average molecular weight is 530 g/mol. The van der Waals surface area contributed by atoms with Crippen LogP contribution < -0.4 is 0 Å². The fourth-order valence-electron chi connectivity index (χ4n) is 4.56. The van der Waals surface area contributed by atoms with Crippen molar-refractivity contribution in [1.29, 1.82) is 0 Å². The van der Waals surface area contributed by atoms with Crippen LogP contribution in [0.2, 0.25) is 0 Å². The third kappa shape index (κ3) is 8.10. The minimum Gasteiger partial charge on any atom is -0.361 e. The van der Waals surface area contributed by atoms with Crippen LogP contribution in [0.4, 0.5) is 13.2 Å². The number of fused-ring (bicyclic) bond motifs is 1. The van der Waals surface area contributed by atoms with Gasteiger partial charge in [0, 0.05) is 42.7 Å². The third-order valence-corrected chi connectivity index (χ3v) is 6.83. The molecule has 3 aromatic rings. The summed E-state index contributed by atoms with van der Waals surface area (Å²) in [6.45, 7) is 6.38. The van der Waals surface area contributed by atoms with E-state index in [9.17, 15) is 22.8 Å². The molecule has 0 saturated heterocycles. The number of alkyl halides is 3. The van der Waals surface area contributed by atoms with Crippen molar-refractivity contribution in [1.82, 2.24) is 14.8 Å². The Morgan fingerprint density at radius 1 is 0.947 bits per heavy atom. The molecule has 38 heavy (non-hydrogen) atoms. The number of benzene rings is 2. The summed E-state index contributed by atoms with van der Waals surface area (Å²) >= 11 is 0. The molecule has 0 radical (unpaired) electrons. The molecule has 0 aliphatic heterocycles. The molecule has 5 nitrogen and oxygen atoms in total. The summed E-state index contributed by atoms with van der Waals surface area (Å²) in [6.07, 6.45) is 2.40. The van der Waals surface area contributed by atoms with Gasteiger partial charge in [0.05, 0.1) is 12.1 Å². The zero-order valence-electron chi connectivity index (χ0n) is 22.5. The third-order valence-electron chi connectivity index (χ3n) is 6.83. The minimum atomic E-state index is -4.42. The molecular weight excluding hydrogens is 491 g/mol. The zero-order valence-corrected chi connectivity index (χ0v) is 22.5. The van der Waals surface area contributed by atoms with Crippen molar-refractivity contribution in [2.24, 2.45) is 0 Å². The molecular formula is C30H38F3N3O2. The van der Waals surface area contributed by atoms with Gasteiger partial charge in [-0.3, -0.25) is 9.59 Å². The second-order valence-electron chi connectivity index (χ2n) is 10.0. The van der Waals surface area contributed by atoms with Gasteiger partial charge < -0.3 is 14.8 Å². The summed E-state index contributed by atoms with van der Waals surface area (Å²) < 4.78 is 39.1. The number of amides is 2. The van der Waals surface area contributed by atoms with E-state index in [1.54, 1.807) is 9.80 Å². The van der Waals surface area contributed by atoms with Crippen LogP contribution in [-0.4, -0.2) is 45.7 Å². The van der Waals surface area contributed by atoms with E-state index in [-0.39, 0.29) is 30.9 Å². The number of rotatable bonds is 13. The lowest BCUT2D eigenvalue weighted by Crippen LogP contribution is -2.46. The number of aromatic nitrogens is 1. The molecule has 0 spiro atoms. The summed E-state index contributed by atoms with van der Waals surface area (Å²) in [6, 6.07) is 12.7. The molecule has 0 atom stereocenters. The monoisotopic (exact) mass is 529 g/mol. The van der Waals surface area contributed by atoms with Crippen LogP contribution in [0.5, 0.6) is 0 Å². The Bertz CT molecular complexity index is 1190. The molecule has 0 bridgehead atoms. The van der Waals surface area contributed by atoms with Gasteiger partial charge in [-0.25, -0.2) is 0 Å². The number of H-pyrrole nitrogens is 1. The number of carbonyl (C=O) groups is 2. The maximum Gasteiger partial charge on any atom is 0.416 e. The highest BCUT2D eigenvalue weighted by atomic mass is 19.4. The van der Waals surface area contributed by atoms with E-state index >= 15 is 0 Å². The van der Waals surface area contributed by atoms with E-state index in [1.807, 2.05) is 44.3 Å². The van der Waals surface area contributed by atoms with Gasteiger partial charge in [-0.05, 0) is 56.0 Å².